The average molecular weight is 242 g/mol. The summed E-state index contributed by atoms with van der Waals surface area (Å²) in [6, 6.07) is 3.09. The van der Waals surface area contributed by atoms with Crippen molar-refractivity contribution in [3.63, 3.8) is 0 Å². The van der Waals surface area contributed by atoms with Crippen LogP contribution in [0.4, 0.5) is 10.1 Å². The van der Waals surface area contributed by atoms with Gasteiger partial charge in [0.1, 0.15) is 5.82 Å². The molecule has 1 atom stereocenters. The number of nitrogens with zero attached hydrogens (tertiary/aromatic N) is 1. The lowest BCUT2D eigenvalue weighted by Gasteiger charge is -2.13. The molecule has 0 radical (unpaired) electrons. The highest BCUT2D eigenvalue weighted by molar-refractivity contribution is 5.68. The zero-order chi connectivity index (χ0) is 13.0. The van der Waals surface area contributed by atoms with Crippen LogP contribution in [-0.2, 0) is 4.79 Å². The van der Waals surface area contributed by atoms with Gasteiger partial charge in [-0.05, 0) is 18.2 Å². The maximum Gasteiger partial charge on any atom is 0.304 e. The molecule has 6 nitrogen and oxygen atoms in total. The van der Waals surface area contributed by atoms with E-state index in [0.717, 1.165) is 12.1 Å². The first-order valence-corrected chi connectivity index (χ1v) is 4.81. The van der Waals surface area contributed by atoms with E-state index in [2.05, 4.69) is 0 Å². The molecular formula is C10H11FN2O4. The summed E-state index contributed by atoms with van der Waals surface area (Å²) in [5.74, 6) is -2.59. The van der Waals surface area contributed by atoms with Crippen molar-refractivity contribution in [2.75, 3.05) is 6.54 Å². The van der Waals surface area contributed by atoms with E-state index in [-0.39, 0.29) is 24.2 Å². The SMILES string of the molecule is NCC(CC(=O)O)c1ccc([N+](=O)[O-])cc1F. The Labute approximate surface area is 96.0 Å². The summed E-state index contributed by atoms with van der Waals surface area (Å²) in [5.41, 5.74) is 5.06. The van der Waals surface area contributed by atoms with Gasteiger partial charge in [0.15, 0.2) is 0 Å². The highest BCUT2D eigenvalue weighted by Gasteiger charge is 2.19. The Morgan fingerprint density at radius 2 is 2.24 bits per heavy atom. The van der Waals surface area contributed by atoms with Crippen molar-refractivity contribution in [3.8, 4) is 0 Å². The maximum absolute atomic E-state index is 13.5. The minimum Gasteiger partial charge on any atom is -0.481 e. The quantitative estimate of drug-likeness (QED) is 0.597. The van der Waals surface area contributed by atoms with Crippen molar-refractivity contribution in [1.29, 1.82) is 0 Å². The Balaban J connectivity index is 3.04. The molecule has 0 aromatic heterocycles. The van der Waals surface area contributed by atoms with Crippen LogP contribution in [0.2, 0.25) is 0 Å². The van der Waals surface area contributed by atoms with Gasteiger partial charge < -0.3 is 10.8 Å². The second kappa shape index (κ2) is 5.35. The van der Waals surface area contributed by atoms with E-state index in [4.69, 9.17) is 10.8 Å². The summed E-state index contributed by atoms with van der Waals surface area (Å²) in [4.78, 5) is 20.2. The lowest BCUT2D eigenvalue weighted by atomic mass is 9.95. The fourth-order valence-corrected chi connectivity index (χ4v) is 1.49. The topological polar surface area (TPSA) is 106 Å². The van der Waals surface area contributed by atoms with Crippen LogP contribution in [0, 0.1) is 15.9 Å². The predicted molar refractivity (Wildman–Crippen MR) is 57.1 cm³/mol. The largest absolute Gasteiger partial charge is 0.481 e. The maximum atomic E-state index is 13.5. The molecule has 1 unspecified atom stereocenters. The zero-order valence-electron chi connectivity index (χ0n) is 8.80. The molecule has 0 saturated heterocycles. The Kier molecular flexibility index (Phi) is 4.11. The number of nitro benzene ring substituents is 1. The van der Waals surface area contributed by atoms with Crippen LogP contribution in [0.3, 0.4) is 0 Å². The van der Waals surface area contributed by atoms with E-state index in [0.29, 0.717) is 0 Å². The average Bonchev–Trinajstić information content (AvgIpc) is 2.25. The number of benzene rings is 1. The molecule has 0 spiro atoms. The number of hydrogen-bond donors (Lipinski definition) is 2. The van der Waals surface area contributed by atoms with E-state index >= 15 is 0 Å². The van der Waals surface area contributed by atoms with Gasteiger partial charge in [0.2, 0.25) is 0 Å². The van der Waals surface area contributed by atoms with Gasteiger partial charge >= 0.3 is 5.97 Å². The van der Waals surface area contributed by atoms with Gasteiger partial charge in [0.25, 0.3) is 5.69 Å². The van der Waals surface area contributed by atoms with E-state index in [1.807, 2.05) is 0 Å². The van der Waals surface area contributed by atoms with Gasteiger partial charge in [-0.1, -0.05) is 0 Å². The van der Waals surface area contributed by atoms with E-state index < -0.39 is 22.6 Å². The van der Waals surface area contributed by atoms with Gasteiger partial charge in [-0.3, -0.25) is 14.9 Å². The summed E-state index contributed by atoms with van der Waals surface area (Å²) in [6.45, 7) is -0.0406. The number of aliphatic carboxylic acids is 1. The van der Waals surface area contributed by atoms with Gasteiger partial charge in [0, 0.05) is 12.0 Å². The van der Waals surface area contributed by atoms with E-state index in [1.54, 1.807) is 0 Å². The lowest BCUT2D eigenvalue weighted by molar-refractivity contribution is -0.385. The molecule has 92 valence electrons. The van der Waals surface area contributed by atoms with Crippen LogP contribution < -0.4 is 5.73 Å². The predicted octanol–water partition coefficient (Wildman–Crippen LogP) is 1.25. The molecule has 7 heteroatoms. The molecule has 0 aliphatic carbocycles. The van der Waals surface area contributed by atoms with Crippen molar-refractivity contribution < 1.29 is 19.2 Å². The molecule has 1 rings (SSSR count). The Hall–Kier alpha value is -2.02. The molecule has 1 aromatic rings. The Morgan fingerprint density at radius 1 is 1.59 bits per heavy atom. The van der Waals surface area contributed by atoms with Crippen molar-refractivity contribution >= 4 is 11.7 Å². The molecule has 0 amide bonds. The van der Waals surface area contributed by atoms with Crippen molar-refractivity contribution in [1.82, 2.24) is 0 Å². The van der Waals surface area contributed by atoms with Gasteiger partial charge in [-0.2, -0.15) is 0 Å². The summed E-state index contributed by atoms with van der Waals surface area (Å²) in [5, 5.41) is 19.0. The highest BCUT2D eigenvalue weighted by atomic mass is 19.1. The van der Waals surface area contributed by atoms with Crippen molar-refractivity contribution in [2.45, 2.75) is 12.3 Å². The first-order valence-electron chi connectivity index (χ1n) is 4.81. The Bertz CT molecular complexity index is 450. The van der Waals surface area contributed by atoms with Crippen LogP contribution in [0.25, 0.3) is 0 Å². The van der Waals surface area contributed by atoms with E-state index in [9.17, 15) is 19.3 Å². The van der Waals surface area contributed by atoms with Gasteiger partial charge in [-0.15, -0.1) is 0 Å². The van der Waals surface area contributed by atoms with Crippen LogP contribution in [0.1, 0.15) is 17.9 Å². The Morgan fingerprint density at radius 3 is 2.65 bits per heavy atom. The smallest absolute Gasteiger partial charge is 0.304 e. The minimum absolute atomic E-state index is 0.0406. The van der Waals surface area contributed by atoms with Crippen LogP contribution in [0.15, 0.2) is 18.2 Å². The third kappa shape index (κ3) is 3.22. The number of carboxylic acids is 1. The summed E-state index contributed by atoms with van der Waals surface area (Å²) in [7, 11) is 0. The molecule has 0 saturated carbocycles. The number of non-ortho nitro benzene ring substituents is 1. The molecule has 0 fully saturated rings. The fourth-order valence-electron chi connectivity index (χ4n) is 1.49. The molecule has 17 heavy (non-hydrogen) atoms. The zero-order valence-corrected chi connectivity index (χ0v) is 8.80. The van der Waals surface area contributed by atoms with Gasteiger partial charge in [0.05, 0.1) is 17.4 Å². The number of hydrogen-bond acceptors (Lipinski definition) is 4. The third-order valence-corrected chi connectivity index (χ3v) is 2.34. The van der Waals surface area contributed by atoms with E-state index in [1.165, 1.54) is 6.07 Å². The van der Waals surface area contributed by atoms with Crippen molar-refractivity contribution in [2.24, 2.45) is 5.73 Å². The second-order valence-corrected chi connectivity index (χ2v) is 3.49. The number of nitro groups is 1. The number of halogens is 1. The first kappa shape index (κ1) is 13.0. The van der Waals surface area contributed by atoms with Crippen molar-refractivity contribution in [3.05, 3.63) is 39.7 Å². The molecule has 3 N–H and O–H groups in total. The fraction of sp³-hybridized carbons (Fsp3) is 0.300. The molecular weight excluding hydrogens is 231 g/mol. The normalized spacial score (nSPS) is 12.1. The molecule has 0 heterocycles. The second-order valence-electron chi connectivity index (χ2n) is 3.49. The summed E-state index contributed by atoms with van der Waals surface area (Å²) in [6.07, 6.45) is -0.314. The number of rotatable bonds is 5. The summed E-state index contributed by atoms with van der Waals surface area (Å²) < 4.78 is 13.5. The number of carbonyl (C=O) groups is 1. The van der Waals surface area contributed by atoms with Crippen LogP contribution in [-0.4, -0.2) is 22.5 Å². The molecule has 0 bridgehead atoms. The molecule has 0 aliphatic rings. The lowest BCUT2D eigenvalue weighted by Crippen LogP contribution is -2.17. The van der Waals surface area contributed by atoms with Crippen LogP contribution >= 0.6 is 0 Å². The molecule has 1 aromatic carbocycles. The number of nitrogens with two attached hydrogens (primary N) is 1. The minimum atomic E-state index is -1.10. The molecule has 0 aliphatic heterocycles. The van der Waals surface area contributed by atoms with Crippen LogP contribution in [0.5, 0.6) is 0 Å². The monoisotopic (exact) mass is 242 g/mol. The summed E-state index contributed by atoms with van der Waals surface area (Å²) >= 11 is 0. The standard InChI is InChI=1S/C10H11FN2O4/c11-9-4-7(13(16)17)1-2-8(9)6(5-12)3-10(14)15/h1-2,4,6H,3,5,12H2,(H,14,15). The highest BCUT2D eigenvalue weighted by Crippen LogP contribution is 2.25. The third-order valence-electron chi connectivity index (χ3n) is 2.34. The number of carboxylic acid groups (broad SMARTS) is 1. The van der Waals surface area contributed by atoms with Gasteiger partial charge in [-0.25, -0.2) is 4.39 Å². The first-order chi connectivity index (χ1) is 7.95.